The quantitative estimate of drug-likeness (QED) is 0.424. The second-order valence-electron chi connectivity index (χ2n) is 6.81. The number of thiazole rings is 1. The van der Waals surface area contributed by atoms with Gasteiger partial charge in [0.15, 0.2) is 5.13 Å². The second-order valence-corrected chi connectivity index (χ2v) is 9.36. The number of carbonyl (C=O) groups is 1. The molecule has 0 saturated heterocycles. The SMILES string of the molecule is Cc1cc(-c2csc(NC(=O)c3ccc(NS(=O)(=O)c4ccccc4)cc3)n2)c(C)o1. The van der Waals surface area contributed by atoms with Crippen LogP contribution in [0.1, 0.15) is 21.9 Å². The number of anilines is 2. The third-order valence-electron chi connectivity index (χ3n) is 4.49. The summed E-state index contributed by atoms with van der Waals surface area (Å²) in [5, 5.41) is 5.09. The summed E-state index contributed by atoms with van der Waals surface area (Å²) >= 11 is 1.32. The molecule has 0 saturated carbocycles. The highest BCUT2D eigenvalue weighted by molar-refractivity contribution is 7.92. The zero-order valence-corrected chi connectivity index (χ0v) is 18.4. The van der Waals surface area contributed by atoms with Crippen molar-refractivity contribution >= 4 is 38.1 Å². The van der Waals surface area contributed by atoms with Gasteiger partial charge in [-0.15, -0.1) is 11.3 Å². The van der Waals surface area contributed by atoms with Crippen LogP contribution < -0.4 is 10.0 Å². The summed E-state index contributed by atoms with van der Waals surface area (Å²) in [4.78, 5) is 17.2. The topological polar surface area (TPSA) is 101 Å². The van der Waals surface area contributed by atoms with Crippen molar-refractivity contribution in [2.45, 2.75) is 18.7 Å². The lowest BCUT2D eigenvalue weighted by atomic mass is 10.2. The van der Waals surface area contributed by atoms with Crippen molar-refractivity contribution < 1.29 is 17.6 Å². The molecule has 0 radical (unpaired) electrons. The second kappa shape index (κ2) is 8.37. The Kier molecular flexibility index (Phi) is 5.62. The number of carbonyl (C=O) groups excluding carboxylic acids is 1. The molecule has 4 aromatic rings. The van der Waals surface area contributed by atoms with E-state index in [1.165, 1.54) is 23.5 Å². The number of hydrogen-bond donors (Lipinski definition) is 2. The van der Waals surface area contributed by atoms with Gasteiger partial charge in [-0.05, 0) is 56.3 Å². The first-order chi connectivity index (χ1) is 14.8. The van der Waals surface area contributed by atoms with Crippen LogP contribution in [0, 0.1) is 13.8 Å². The van der Waals surface area contributed by atoms with Crippen LogP contribution in [-0.4, -0.2) is 19.3 Å². The Bertz CT molecular complexity index is 1320. The molecule has 2 heterocycles. The van der Waals surface area contributed by atoms with E-state index in [9.17, 15) is 13.2 Å². The molecule has 0 bridgehead atoms. The van der Waals surface area contributed by atoms with Crippen molar-refractivity contribution in [1.29, 1.82) is 0 Å². The van der Waals surface area contributed by atoms with Gasteiger partial charge in [0.05, 0.1) is 10.6 Å². The van der Waals surface area contributed by atoms with Crippen LogP contribution in [-0.2, 0) is 10.0 Å². The molecule has 2 aromatic carbocycles. The summed E-state index contributed by atoms with van der Waals surface area (Å²) in [6.07, 6.45) is 0. The van der Waals surface area contributed by atoms with Crippen LogP contribution in [0.25, 0.3) is 11.3 Å². The molecule has 2 aromatic heterocycles. The number of nitrogens with zero attached hydrogens (tertiary/aromatic N) is 1. The van der Waals surface area contributed by atoms with Crippen LogP contribution in [0.15, 0.2) is 75.4 Å². The Morgan fingerprint density at radius 1 is 1.03 bits per heavy atom. The molecule has 0 spiro atoms. The lowest BCUT2D eigenvalue weighted by molar-refractivity contribution is 0.102. The highest BCUT2D eigenvalue weighted by Gasteiger charge is 2.15. The summed E-state index contributed by atoms with van der Waals surface area (Å²) in [6.45, 7) is 3.74. The van der Waals surface area contributed by atoms with E-state index in [1.807, 2.05) is 25.3 Å². The molecule has 9 heteroatoms. The maximum absolute atomic E-state index is 12.5. The van der Waals surface area contributed by atoms with Gasteiger partial charge >= 0.3 is 0 Å². The van der Waals surface area contributed by atoms with Gasteiger partial charge in [-0.3, -0.25) is 14.8 Å². The molecular formula is C22H19N3O4S2. The number of nitrogens with one attached hydrogen (secondary N) is 2. The number of hydrogen-bond acceptors (Lipinski definition) is 6. The number of benzene rings is 2. The monoisotopic (exact) mass is 453 g/mol. The molecule has 4 rings (SSSR count). The van der Waals surface area contributed by atoms with Crippen molar-refractivity contribution in [3.63, 3.8) is 0 Å². The number of aryl methyl sites for hydroxylation is 2. The van der Waals surface area contributed by atoms with Gasteiger partial charge in [-0.25, -0.2) is 13.4 Å². The fourth-order valence-electron chi connectivity index (χ4n) is 3.01. The van der Waals surface area contributed by atoms with Gasteiger partial charge in [0, 0.05) is 22.2 Å². The Morgan fingerprint density at radius 2 is 1.74 bits per heavy atom. The summed E-state index contributed by atoms with van der Waals surface area (Å²) in [5.74, 6) is 1.24. The molecule has 158 valence electrons. The summed E-state index contributed by atoms with van der Waals surface area (Å²) in [7, 11) is -3.69. The minimum absolute atomic E-state index is 0.166. The predicted molar refractivity (Wildman–Crippen MR) is 121 cm³/mol. The third kappa shape index (κ3) is 4.68. The minimum atomic E-state index is -3.69. The smallest absolute Gasteiger partial charge is 0.261 e. The minimum Gasteiger partial charge on any atom is -0.466 e. The normalized spacial score (nSPS) is 11.3. The van der Waals surface area contributed by atoms with E-state index in [1.54, 1.807) is 42.5 Å². The van der Waals surface area contributed by atoms with Crippen LogP contribution in [0.3, 0.4) is 0 Å². The maximum Gasteiger partial charge on any atom is 0.261 e. The summed E-state index contributed by atoms with van der Waals surface area (Å²) in [5.41, 5.74) is 2.38. The van der Waals surface area contributed by atoms with E-state index in [0.717, 1.165) is 22.8 Å². The van der Waals surface area contributed by atoms with Crippen LogP contribution in [0.2, 0.25) is 0 Å². The van der Waals surface area contributed by atoms with Gasteiger partial charge < -0.3 is 4.42 Å². The van der Waals surface area contributed by atoms with E-state index in [4.69, 9.17) is 4.42 Å². The molecule has 1 amide bonds. The first kappa shape index (κ1) is 20.8. The molecule has 0 aliphatic heterocycles. The van der Waals surface area contributed by atoms with E-state index in [0.29, 0.717) is 16.4 Å². The first-order valence-electron chi connectivity index (χ1n) is 9.34. The molecular weight excluding hydrogens is 434 g/mol. The lowest BCUT2D eigenvalue weighted by Crippen LogP contribution is -2.14. The number of furan rings is 1. The first-order valence-corrected chi connectivity index (χ1v) is 11.7. The Balaban J connectivity index is 1.44. The van der Waals surface area contributed by atoms with Gasteiger partial charge in [-0.1, -0.05) is 18.2 Å². The van der Waals surface area contributed by atoms with Crippen molar-refractivity contribution in [3.05, 3.63) is 83.1 Å². The summed E-state index contributed by atoms with van der Waals surface area (Å²) in [6, 6.07) is 16.2. The standard InChI is InChI=1S/C22H19N3O4S2/c1-14-12-19(15(2)29-14)20-13-30-22(23-20)24-21(26)16-8-10-17(11-9-16)25-31(27,28)18-6-4-3-5-7-18/h3-13,25H,1-2H3,(H,23,24,26). The van der Waals surface area contributed by atoms with Crippen molar-refractivity contribution in [1.82, 2.24) is 4.98 Å². The van der Waals surface area contributed by atoms with E-state index in [-0.39, 0.29) is 10.8 Å². The molecule has 0 fully saturated rings. The van der Waals surface area contributed by atoms with Crippen LogP contribution in [0.4, 0.5) is 10.8 Å². The van der Waals surface area contributed by atoms with E-state index >= 15 is 0 Å². The van der Waals surface area contributed by atoms with E-state index < -0.39 is 10.0 Å². The van der Waals surface area contributed by atoms with Gasteiger partial charge in [0.25, 0.3) is 15.9 Å². The van der Waals surface area contributed by atoms with Crippen molar-refractivity contribution in [3.8, 4) is 11.3 Å². The highest BCUT2D eigenvalue weighted by Crippen LogP contribution is 2.29. The number of sulfonamides is 1. The number of rotatable bonds is 6. The lowest BCUT2D eigenvalue weighted by Gasteiger charge is -2.08. The van der Waals surface area contributed by atoms with Gasteiger partial charge in [0.2, 0.25) is 0 Å². The van der Waals surface area contributed by atoms with E-state index in [2.05, 4.69) is 15.0 Å². The van der Waals surface area contributed by atoms with Crippen molar-refractivity contribution in [2.24, 2.45) is 0 Å². The van der Waals surface area contributed by atoms with Gasteiger partial charge in [-0.2, -0.15) is 0 Å². The maximum atomic E-state index is 12.5. The van der Waals surface area contributed by atoms with Gasteiger partial charge in [0.1, 0.15) is 11.5 Å². The molecule has 2 N–H and O–H groups in total. The Labute approximate surface area is 183 Å². The molecule has 0 unspecified atom stereocenters. The summed E-state index contributed by atoms with van der Waals surface area (Å²) < 4.78 is 32.8. The number of aromatic nitrogens is 1. The molecule has 0 aliphatic carbocycles. The zero-order chi connectivity index (χ0) is 22.0. The third-order valence-corrected chi connectivity index (χ3v) is 6.65. The van der Waals surface area contributed by atoms with Crippen LogP contribution in [0.5, 0.6) is 0 Å². The highest BCUT2D eigenvalue weighted by atomic mass is 32.2. The average Bonchev–Trinajstić information content (AvgIpc) is 3.34. The number of amides is 1. The Hall–Kier alpha value is -3.43. The van der Waals surface area contributed by atoms with Crippen LogP contribution >= 0.6 is 11.3 Å². The fourth-order valence-corrected chi connectivity index (χ4v) is 4.80. The predicted octanol–water partition coefficient (Wildman–Crippen LogP) is 5.07. The average molecular weight is 454 g/mol. The largest absolute Gasteiger partial charge is 0.466 e. The molecule has 7 nitrogen and oxygen atoms in total. The molecule has 0 atom stereocenters. The zero-order valence-electron chi connectivity index (χ0n) is 16.7. The molecule has 31 heavy (non-hydrogen) atoms. The van der Waals surface area contributed by atoms with Crippen molar-refractivity contribution in [2.75, 3.05) is 10.0 Å². The Morgan fingerprint density at radius 3 is 2.39 bits per heavy atom. The molecule has 0 aliphatic rings. The fraction of sp³-hybridized carbons (Fsp3) is 0.0909.